The molecule has 3 rings (SSSR count). The number of methoxy groups -OCH3 is 1. The number of imide groups is 1. The van der Waals surface area contributed by atoms with E-state index in [-0.39, 0.29) is 5.56 Å². The molecule has 134 valence electrons. The van der Waals surface area contributed by atoms with Crippen LogP contribution in [-0.4, -0.2) is 39.7 Å². The molecule has 0 spiro atoms. The molecule has 0 aromatic carbocycles. The Morgan fingerprint density at radius 2 is 2.00 bits per heavy atom. The van der Waals surface area contributed by atoms with Crippen LogP contribution < -0.4 is 27.4 Å². The number of nitrogens with zero attached hydrogens (tertiary/aromatic N) is 2. The summed E-state index contributed by atoms with van der Waals surface area (Å²) in [5, 5.41) is 11.4. The first-order chi connectivity index (χ1) is 12.2. The van der Waals surface area contributed by atoms with E-state index >= 15 is 0 Å². The van der Waals surface area contributed by atoms with Crippen LogP contribution in [-0.2, 0) is 16.6 Å². The first-order valence-electron chi connectivity index (χ1n) is 6.93. The van der Waals surface area contributed by atoms with Crippen LogP contribution >= 0.6 is 0 Å². The van der Waals surface area contributed by atoms with Gasteiger partial charge in [-0.05, 0) is 6.07 Å². The molecule has 0 fully saturated rings. The zero-order valence-electron chi connectivity index (χ0n) is 13.3. The third kappa shape index (κ3) is 2.49. The van der Waals surface area contributed by atoms with Crippen LogP contribution in [0.5, 0.6) is 5.88 Å². The summed E-state index contributed by atoms with van der Waals surface area (Å²) < 4.78 is 10.2. The van der Waals surface area contributed by atoms with Crippen molar-refractivity contribution >= 4 is 23.5 Å². The van der Waals surface area contributed by atoms with Gasteiger partial charge in [0.05, 0.1) is 12.3 Å². The van der Waals surface area contributed by atoms with Gasteiger partial charge < -0.3 is 19.2 Å². The fourth-order valence-corrected chi connectivity index (χ4v) is 2.30. The summed E-state index contributed by atoms with van der Waals surface area (Å²) in [5.41, 5.74) is -3.66. The smallest absolute Gasteiger partial charge is 0.351 e. The molecule has 0 bridgehead atoms. The molecule has 12 heteroatoms. The van der Waals surface area contributed by atoms with Crippen LogP contribution in [0.3, 0.4) is 0 Å². The number of aromatic amines is 1. The van der Waals surface area contributed by atoms with E-state index in [1.807, 2.05) is 5.32 Å². The largest absolute Gasteiger partial charge is 0.493 e. The van der Waals surface area contributed by atoms with E-state index in [9.17, 15) is 29.1 Å². The highest BCUT2D eigenvalue weighted by molar-refractivity contribution is 6.16. The highest BCUT2D eigenvalue weighted by Crippen LogP contribution is 2.19. The van der Waals surface area contributed by atoms with Crippen LogP contribution in [0.4, 0.5) is 4.79 Å². The summed E-state index contributed by atoms with van der Waals surface area (Å²) in [6.07, 6.45) is 0. The molecule has 1 aliphatic heterocycles. The topological polar surface area (TPSA) is 173 Å². The van der Waals surface area contributed by atoms with Gasteiger partial charge in [-0.1, -0.05) is 0 Å². The number of hydrogen-bond donors (Lipinski definition) is 3. The van der Waals surface area contributed by atoms with E-state index in [0.717, 1.165) is 17.7 Å². The third-order valence-electron chi connectivity index (χ3n) is 3.58. The summed E-state index contributed by atoms with van der Waals surface area (Å²) in [7, 11) is 2.24. The molecule has 1 aliphatic rings. The van der Waals surface area contributed by atoms with E-state index in [0.29, 0.717) is 0 Å². The van der Waals surface area contributed by atoms with Gasteiger partial charge in [0, 0.05) is 7.05 Å². The molecule has 0 atom stereocenters. The first-order valence-corrected chi connectivity index (χ1v) is 6.93. The van der Waals surface area contributed by atoms with Crippen molar-refractivity contribution in [2.75, 3.05) is 7.11 Å². The van der Waals surface area contributed by atoms with Crippen molar-refractivity contribution in [1.82, 2.24) is 14.9 Å². The predicted molar refractivity (Wildman–Crippen MR) is 80.8 cm³/mol. The summed E-state index contributed by atoms with van der Waals surface area (Å²) in [6.45, 7) is 0. The van der Waals surface area contributed by atoms with Gasteiger partial charge in [0.2, 0.25) is 11.4 Å². The maximum atomic E-state index is 12.3. The lowest BCUT2D eigenvalue weighted by molar-refractivity contribution is -0.133. The number of hydrogen-bond acceptors (Lipinski definition) is 8. The predicted octanol–water partition coefficient (Wildman–Crippen LogP) is -2.77. The van der Waals surface area contributed by atoms with E-state index in [4.69, 9.17) is 4.42 Å². The number of amides is 3. The Hall–Kier alpha value is -3.96. The summed E-state index contributed by atoms with van der Waals surface area (Å²) in [4.78, 5) is 64.8. The normalized spacial score (nSPS) is 14.2. The highest BCUT2D eigenvalue weighted by atomic mass is 16.5. The van der Waals surface area contributed by atoms with Gasteiger partial charge in [-0.25, -0.2) is 19.2 Å². The SMILES string of the molecule is COC(=O)/C(c1[nH]c(=O)n(C)c1O)=c1\cc2c(oc1=O)=NC(=O)NC2=O. The second kappa shape index (κ2) is 5.84. The molecule has 26 heavy (non-hydrogen) atoms. The maximum absolute atomic E-state index is 12.3. The molecule has 3 heterocycles. The molecule has 0 saturated carbocycles. The minimum absolute atomic E-state index is 0.293. The summed E-state index contributed by atoms with van der Waals surface area (Å²) >= 11 is 0. The molecule has 0 unspecified atom stereocenters. The van der Waals surface area contributed by atoms with E-state index in [1.165, 1.54) is 7.05 Å². The van der Waals surface area contributed by atoms with E-state index in [2.05, 4.69) is 14.7 Å². The van der Waals surface area contributed by atoms with E-state index in [1.54, 1.807) is 0 Å². The maximum Gasteiger partial charge on any atom is 0.351 e. The third-order valence-corrected chi connectivity index (χ3v) is 3.58. The van der Waals surface area contributed by atoms with Crippen molar-refractivity contribution in [1.29, 1.82) is 0 Å². The Morgan fingerprint density at radius 3 is 2.58 bits per heavy atom. The van der Waals surface area contributed by atoms with Crippen molar-refractivity contribution in [2.24, 2.45) is 12.0 Å². The number of nitrogens with one attached hydrogen (secondary N) is 2. The molecule has 3 amide bonds. The zero-order chi connectivity index (χ0) is 19.2. The Bertz CT molecular complexity index is 1210. The standard InChI is InChI=1S/C14H10N4O8/c1-18-10(20)7(15-14(18)24)6(12(22)25-2)4-3-5-8(19)16-13(23)17-9(5)26-11(4)21/h3,20H,1-2H3,(H,15,24)(H,16,19,23)/b6-4+. The highest BCUT2D eigenvalue weighted by Gasteiger charge is 2.26. The average Bonchev–Trinajstić information content (AvgIpc) is 2.83. The number of fused-ring (bicyclic) bond motifs is 1. The van der Waals surface area contributed by atoms with Crippen LogP contribution in [0.25, 0.3) is 5.57 Å². The van der Waals surface area contributed by atoms with Crippen LogP contribution in [0.15, 0.2) is 25.1 Å². The zero-order valence-corrected chi connectivity index (χ0v) is 13.3. The van der Waals surface area contributed by atoms with Gasteiger partial charge in [0.15, 0.2) is 0 Å². The van der Waals surface area contributed by atoms with Crippen LogP contribution in [0, 0.1) is 0 Å². The number of aromatic hydroxyl groups is 1. The minimum Gasteiger partial charge on any atom is -0.493 e. The molecular formula is C14H10N4O8. The number of ether oxygens (including phenoxy) is 1. The lowest BCUT2D eigenvalue weighted by Gasteiger charge is -2.07. The van der Waals surface area contributed by atoms with Crippen molar-refractivity contribution in [3.8, 4) is 5.88 Å². The van der Waals surface area contributed by atoms with Gasteiger partial charge in [-0.2, -0.15) is 4.99 Å². The van der Waals surface area contributed by atoms with Gasteiger partial charge in [-0.3, -0.25) is 14.7 Å². The first kappa shape index (κ1) is 16.9. The molecule has 0 saturated heterocycles. The van der Waals surface area contributed by atoms with Crippen molar-refractivity contribution < 1.29 is 28.6 Å². The number of carbonyl (C=O) groups is 3. The lowest BCUT2D eigenvalue weighted by Crippen LogP contribution is -2.43. The van der Waals surface area contributed by atoms with E-state index < -0.39 is 57.1 Å². The number of aromatic nitrogens is 2. The van der Waals surface area contributed by atoms with Crippen LogP contribution in [0.1, 0.15) is 16.1 Å². The average molecular weight is 362 g/mol. The molecule has 12 nitrogen and oxygen atoms in total. The Morgan fingerprint density at radius 1 is 1.31 bits per heavy atom. The van der Waals surface area contributed by atoms with Gasteiger partial charge in [0.1, 0.15) is 16.8 Å². The number of urea groups is 1. The second-order valence-electron chi connectivity index (χ2n) is 5.09. The molecule has 0 radical (unpaired) electrons. The Balaban J connectivity index is 2.50. The summed E-state index contributed by atoms with van der Waals surface area (Å²) in [5.74, 6) is -2.63. The van der Waals surface area contributed by atoms with Gasteiger partial charge >= 0.3 is 23.3 Å². The summed E-state index contributed by atoms with van der Waals surface area (Å²) in [6, 6.07) is -0.0655. The number of H-pyrrole nitrogens is 1. The number of imidazole rings is 1. The molecular weight excluding hydrogens is 352 g/mol. The Kier molecular flexibility index (Phi) is 3.79. The molecule has 2 aromatic heterocycles. The van der Waals surface area contributed by atoms with Crippen molar-refractivity contribution in [2.45, 2.75) is 0 Å². The number of rotatable bonds is 2. The van der Waals surface area contributed by atoms with Gasteiger partial charge in [-0.15, -0.1) is 0 Å². The second-order valence-corrected chi connectivity index (χ2v) is 5.09. The van der Waals surface area contributed by atoms with Crippen LogP contribution in [0.2, 0.25) is 0 Å². The molecule has 0 aliphatic carbocycles. The Labute approximate surface area is 142 Å². The monoisotopic (exact) mass is 362 g/mol. The number of carbonyl (C=O) groups excluding carboxylic acids is 3. The minimum atomic E-state index is -1.14. The molecule has 2 aromatic rings. The fourth-order valence-electron chi connectivity index (χ4n) is 2.30. The quantitative estimate of drug-likeness (QED) is 0.481. The number of esters is 1. The van der Waals surface area contributed by atoms with Crippen molar-refractivity contribution in [3.05, 3.63) is 49.0 Å². The molecule has 3 N–H and O–H groups in total. The fraction of sp³-hybridized carbons (Fsp3) is 0.143. The van der Waals surface area contributed by atoms with Gasteiger partial charge in [0.25, 0.3) is 5.91 Å². The lowest BCUT2D eigenvalue weighted by atomic mass is 10.1. The van der Waals surface area contributed by atoms with Crippen molar-refractivity contribution in [3.63, 3.8) is 0 Å².